The summed E-state index contributed by atoms with van der Waals surface area (Å²) in [6.45, 7) is 1.69. The topological polar surface area (TPSA) is 39.3 Å². The van der Waals surface area contributed by atoms with Crippen LogP contribution in [0, 0.1) is 5.92 Å². The minimum Gasteiger partial charge on any atom is -0.361 e. The van der Waals surface area contributed by atoms with E-state index in [0.29, 0.717) is 12.3 Å². The van der Waals surface area contributed by atoms with E-state index in [9.17, 15) is 4.79 Å². The number of amides is 1. The zero-order valence-corrected chi connectivity index (χ0v) is 17.2. The first-order valence-corrected chi connectivity index (χ1v) is 10.2. The first-order valence-electron chi connectivity index (χ1n) is 9.80. The van der Waals surface area contributed by atoms with Gasteiger partial charge in [-0.25, -0.2) is 0 Å². The molecule has 146 valence electrons. The van der Waals surface area contributed by atoms with Crippen molar-refractivity contribution in [1.29, 1.82) is 0 Å². The zero-order chi connectivity index (χ0) is 19.7. The lowest BCUT2D eigenvalue weighted by atomic mass is 9.91. The van der Waals surface area contributed by atoms with Crippen LogP contribution in [0.25, 0.3) is 10.9 Å². The van der Waals surface area contributed by atoms with Crippen molar-refractivity contribution in [2.24, 2.45) is 5.92 Å². The van der Waals surface area contributed by atoms with Crippen LogP contribution in [0.4, 0.5) is 5.69 Å². The van der Waals surface area contributed by atoms with Gasteiger partial charge in [0, 0.05) is 47.3 Å². The highest BCUT2D eigenvalue weighted by molar-refractivity contribution is 6.32. The Kier molecular flexibility index (Phi) is 5.42. The lowest BCUT2D eigenvalue weighted by molar-refractivity contribution is -0.118. The maximum absolute atomic E-state index is 13.2. The number of aromatic amines is 1. The average Bonchev–Trinajstić information content (AvgIpc) is 3.09. The van der Waals surface area contributed by atoms with Gasteiger partial charge >= 0.3 is 0 Å². The number of hydrogen-bond donors (Lipinski definition) is 1. The molecule has 1 atom stereocenters. The Morgan fingerprint density at radius 1 is 1.21 bits per heavy atom. The van der Waals surface area contributed by atoms with Gasteiger partial charge in [-0.1, -0.05) is 35.9 Å². The number of aryl methyl sites for hydroxylation is 1. The van der Waals surface area contributed by atoms with Gasteiger partial charge in [0.2, 0.25) is 5.91 Å². The van der Waals surface area contributed by atoms with Crippen LogP contribution in [0.15, 0.2) is 48.7 Å². The zero-order valence-electron chi connectivity index (χ0n) is 16.4. The molecule has 1 aliphatic heterocycles. The van der Waals surface area contributed by atoms with Crippen LogP contribution in [0.1, 0.15) is 17.5 Å². The van der Waals surface area contributed by atoms with E-state index >= 15 is 0 Å². The summed E-state index contributed by atoms with van der Waals surface area (Å²) in [4.78, 5) is 20.6. The van der Waals surface area contributed by atoms with E-state index in [1.54, 1.807) is 0 Å². The molecule has 4 rings (SSSR count). The van der Waals surface area contributed by atoms with Gasteiger partial charge in [0.25, 0.3) is 0 Å². The molecule has 1 aliphatic rings. The largest absolute Gasteiger partial charge is 0.361 e. The van der Waals surface area contributed by atoms with Gasteiger partial charge in [0.1, 0.15) is 0 Å². The third-order valence-electron chi connectivity index (χ3n) is 5.53. The molecule has 0 radical (unpaired) electrons. The average molecular weight is 396 g/mol. The fourth-order valence-electron chi connectivity index (χ4n) is 4.30. The Bertz CT molecular complexity index is 994. The second-order valence-electron chi connectivity index (χ2n) is 7.93. The van der Waals surface area contributed by atoms with Gasteiger partial charge < -0.3 is 14.8 Å². The fraction of sp³-hybridized carbons (Fsp3) is 0.348. The van der Waals surface area contributed by atoms with Crippen LogP contribution in [-0.2, 0) is 17.6 Å². The number of para-hydroxylation sites is 1. The van der Waals surface area contributed by atoms with E-state index in [1.165, 1.54) is 10.9 Å². The lowest BCUT2D eigenvalue weighted by Crippen LogP contribution is -2.43. The highest BCUT2D eigenvalue weighted by Gasteiger charge is 2.29. The number of H-pyrrole nitrogens is 1. The molecule has 3 aromatic rings. The van der Waals surface area contributed by atoms with Gasteiger partial charge in [-0.3, -0.25) is 4.79 Å². The third kappa shape index (κ3) is 3.80. The van der Waals surface area contributed by atoms with Crippen molar-refractivity contribution in [1.82, 2.24) is 9.88 Å². The van der Waals surface area contributed by atoms with Crippen LogP contribution < -0.4 is 4.90 Å². The van der Waals surface area contributed by atoms with E-state index in [1.807, 2.05) is 41.4 Å². The molecule has 2 aromatic carbocycles. The van der Waals surface area contributed by atoms with E-state index in [-0.39, 0.29) is 5.91 Å². The quantitative estimate of drug-likeness (QED) is 0.689. The summed E-state index contributed by atoms with van der Waals surface area (Å²) >= 11 is 6.48. The molecule has 1 unspecified atom stereocenters. The van der Waals surface area contributed by atoms with Gasteiger partial charge in [0.15, 0.2) is 0 Å². The molecule has 0 saturated carbocycles. The number of nitrogens with one attached hydrogen (secondary N) is 1. The Balaban J connectivity index is 1.54. The highest BCUT2D eigenvalue weighted by Crippen LogP contribution is 2.35. The fourth-order valence-corrected chi connectivity index (χ4v) is 4.55. The molecule has 0 bridgehead atoms. The van der Waals surface area contributed by atoms with Gasteiger partial charge in [-0.2, -0.15) is 0 Å². The van der Waals surface area contributed by atoms with Crippen LogP contribution in [0.5, 0.6) is 0 Å². The summed E-state index contributed by atoms with van der Waals surface area (Å²) in [6, 6.07) is 14.1. The van der Waals surface area contributed by atoms with Crippen molar-refractivity contribution in [3.8, 4) is 0 Å². The second kappa shape index (κ2) is 7.98. The lowest BCUT2D eigenvalue weighted by Gasteiger charge is -2.36. The summed E-state index contributed by atoms with van der Waals surface area (Å²) in [7, 11) is 4.15. The molecule has 5 heteroatoms. The Morgan fingerprint density at radius 3 is 2.86 bits per heavy atom. The van der Waals surface area contributed by atoms with E-state index < -0.39 is 0 Å². The Morgan fingerprint density at radius 2 is 2.04 bits per heavy atom. The summed E-state index contributed by atoms with van der Waals surface area (Å²) in [6.07, 6.45) is 4.16. The molecular formula is C23H26ClN3O. The van der Waals surface area contributed by atoms with Crippen LogP contribution in [-0.4, -0.2) is 43.0 Å². The Labute approximate surface area is 171 Å². The summed E-state index contributed by atoms with van der Waals surface area (Å²) in [5.74, 6) is 0.552. The molecule has 4 nitrogen and oxygen atoms in total. The molecular weight excluding hydrogens is 370 g/mol. The molecule has 1 aromatic heterocycles. The van der Waals surface area contributed by atoms with Gasteiger partial charge in [0.05, 0.1) is 0 Å². The molecule has 0 aliphatic carbocycles. The second-order valence-corrected chi connectivity index (χ2v) is 8.34. The number of benzene rings is 2. The molecule has 2 heterocycles. The SMILES string of the molecule is CN(C)CC1Cc2c(Cl)cccc2N(C(=O)CCc2c[nH]c3ccccc23)C1. The number of rotatable bonds is 5. The molecule has 0 spiro atoms. The maximum atomic E-state index is 13.2. The number of nitrogens with zero attached hydrogens (tertiary/aromatic N) is 2. The number of hydrogen-bond acceptors (Lipinski definition) is 2. The Hall–Kier alpha value is -2.30. The number of carbonyl (C=O) groups is 1. The van der Waals surface area contributed by atoms with E-state index in [2.05, 4.69) is 36.1 Å². The monoisotopic (exact) mass is 395 g/mol. The number of halogens is 1. The number of carbonyl (C=O) groups excluding carboxylic acids is 1. The predicted octanol–water partition coefficient (Wildman–Crippen LogP) is 4.52. The van der Waals surface area contributed by atoms with Crippen molar-refractivity contribution >= 4 is 34.1 Å². The summed E-state index contributed by atoms with van der Waals surface area (Å²) in [5, 5.41) is 1.96. The molecule has 0 saturated heterocycles. The molecule has 1 N–H and O–H groups in total. The number of aromatic nitrogens is 1. The van der Waals surface area contributed by atoms with Gasteiger partial charge in [-0.05, 0) is 62.2 Å². The van der Waals surface area contributed by atoms with Crippen molar-refractivity contribution < 1.29 is 4.79 Å². The standard InChI is InChI=1S/C23H26ClN3O/c1-26(2)14-16-12-19-20(24)7-5-9-22(19)27(15-16)23(28)11-10-17-13-25-21-8-4-3-6-18(17)21/h3-9,13,16,25H,10-12,14-15H2,1-2H3. The van der Waals surface area contributed by atoms with Crippen molar-refractivity contribution in [2.75, 3.05) is 32.1 Å². The minimum atomic E-state index is 0.164. The van der Waals surface area contributed by atoms with Crippen molar-refractivity contribution in [2.45, 2.75) is 19.3 Å². The van der Waals surface area contributed by atoms with Crippen molar-refractivity contribution in [3.05, 3.63) is 64.8 Å². The van der Waals surface area contributed by atoms with Crippen LogP contribution in [0.3, 0.4) is 0 Å². The smallest absolute Gasteiger partial charge is 0.227 e. The summed E-state index contributed by atoms with van der Waals surface area (Å²) < 4.78 is 0. The van der Waals surface area contributed by atoms with Crippen LogP contribution in [0.2, 0.25) is 5.02 Å². The van der Waals surface area contributed by atoms with Gasteiger partial charge in [-0.15, -0.1) is 0 Å². The van der Waals surface area contributed by atoms with Crippen LogP contribution >= 0.6 is 11.6 Å². The first-order chi connectivity index (χ1) is 13.5. The van der Waals surface area contributed by atoms with Crippen molar-refractivity contribution in [3.63, 3.8) is 0 Å². The van der Waals surface area contributed by atoms with E-state index in [0.717, 1.165) is 47.7 Å². The van der Waals surface area contributed by atoms with E-state index in [4.69, 9.17) is 11.6 Å². The number of anilines is 1. The first kappa shape index (κ1) is 19.0. The highest BCUT2D eigenvalue weighted by atomic mass is 35.5. The third-order valence-corrected chi connectivity index (χ3v) is 5.88. The predicted molar refractivity (Wildman–Crippen MR) is 116 cm³/mol. The molecule has 0 fully saturated rings. The molecule has 28 heavy (non-hydrogen) atoms. The normalized spacial score (nSPS) is 16.6. The molecule has 1 amide bonds. The summed E-state index contributed by atoms with van der Waals surface area (Å²) in [5.41, 5.74) is 4.39. The minimum absolute atomic E-state index is 0.164. The number of fused-ring (bicyclic) bond motifs is 2. The maximum Gasteiger partial charge on any atom is 0.227 e.